The predicted octanol–water partition coefficient (Wildman–Crippen LogP) is 1.63. The predicted molar refractivity (Wildman–Crippen MR) is 70.1 cm³/mol. The van der Waals surface area contributed by atoms with E-state index in [1.807, 2.05) is 0 Å². The zero-order valence-electron chi connectivity index (χ0n) is 10.2. The Labute approximate surface area is 114 Å². The summed E-state index contributed by atoms with van der Waals surface area (Å²) >= 11 is 1.30. The van der Waals surface area contributed by atoms with Crippen LogP contribution >= 0.6 is 11.8 Å². The van der Waals surface area contributed by atoms with Crippen molar-refractivity contribution in [3.8, 4) is 0 Å². The van der Waals surface area contributed by atoms with Gasteiger partial charge in [-0.2, -0.15) is 0 Å². The number of hydrogen-bond acceptors (Lipinski definition) is 4. The van der Waals surface area contributed by atoms with Gasteiger partial charge in [-0.05, 0) is 30.7 Å². The molecule has 5 nitrogen and oxygen atoms in total. The van der Waals surface area contributed by atoms with Gasteiger partial charge in [0.15, 0.2) is 0 Å². The van der Waals surface area contributed by atoms with Crippen molar-refractivity contribution in [3.05, 3.63) is 29.8 Å². The third-order valence-electron chi connectivity index (χ3n) is 2.84. The first-order valence-corrected chi connectivity index (χ1v) is 6.86. The number of carbonyl (C=O) groups excluding carboxylic acids is 2. The van der Waals surface area contributed by atoms with E-state index in [1.165, 1.54) is 28.8 Å². The minimum absolute atomic E-state index is 0.105. The maximum atomic E-state index is 11.8. The fourth-order valence-electron chi connectivity index (χ4n) is 1.83. The van der Waals surface area contributed by atoms with Gasteiger partial charge in [-0.15, -0.1) is 11.8 Å². The number of amides is 2. The quantitative estimate of drug-likeness (QED) is 0.848. The van der Waals surface area contributed by atoms with Crippen molar-refractivity contribution in [1.29, 1.82) is 0 Å². The molecule has 1 N–H and O–H groups in total. The molecule has 19 heavy (non-hydrogen) atoms. The molecule has 0 atom stereocenters. The molecule has 1 aromatic carbocycles. The molecule has 0 aliphatic carbocycles. The van der Waals surface area contributed by atoms with E-state index in [-0.39, 0.29) is 23.1 Å². The number of imide groups is 1. The zero-order valence-corrected chi connectivity index (χ0v) is 11.0. The molecule has 1 saturated heterocycles. The number of nitrogens with zero attached hydrogens (tertiary/aromatic N) is 1. The molecule has 0 bridgehead atoms. The van der Waals surface area contributed by atoms with Crippen molar-refractivity contribution in [1.82, 2.24) is 4.90 Å². The Morgan fingerprint density at radius 2 is 1.95 bits per heavy atom. The summed E-state index contributed by atoms with van der Waals surface area (Å²) in [5, 5.41) is 8.76. The fourth-order valence-corrected chi connectivity index (χ4v) is 2.60. The molecule has 1 aromatic rings. The number of carboxylic acids is 1. The lowest BCUT2D eigenvalue weighted by atomic mass is 10.2. The van der Waals surface area contributed by atoms with E-state index in [0.29, 0.717) is 13.0 Å². The van der Waals surface area contributed by atoms with Crippen LogP contribution in [0.25, 0.3) is 0 Å². The first-order chi connectivity index (χ1) is 9.08. The molecule has 1 aliphatic heterocycles. The monoisotopic (exact) mass is 279 g/mol. The number of benzene rings is 1. The summed E-state index contributed by atoms with van der Waals surface area (Å²) in [4.78, 5) is 36.0. The van der Waals surface area contributed by atoms with Gasteiger partial charge >= 0.3 is 5.97 Å². The van der Waals surface area contributed by atoms with Crippen LogP contribution in [0.2, 0.25) is 0 Å². The Bertz CT molecular complexity index is 512. The molecule has 0 saturated carbocycles. The molecule has 1 fully saturated rings. The average Bonchev–Trinajstić information content (AvgIpc) is 2.83. The normalized spacial score (nSPS) is 14.7. The first-order valence-electron chi connectivity index (χ1n) is 5.87. The molecule has 0 aromatic heterocycles. The van der Waals surface area contributed by atoms with Gasteiger partial charge < -0.3 is 5.11 Å². The molecule has 0 unspecified atom stereocenters. The van der Waals surface area contributed by atoms with Crippen LogP contribution in [-0.4, -0.2) is 40.1 Å². The third kappa shape index (κ3) is 3.35. The van der Waals surface area contributed by atoms with Gasteiger partial charge in [0, 0.05) is 17.9 Å². The molecule has 1 aliphatic rings. The van der Waals surface area contributed by atoms with Crippen LogP contribution in [0.4, 0.5) is 0 Å². The molecular formula is C13H13NO4S. The Morgan fingerprint density at radius 1 is 1.26 bits per heavy atom. The van der Waals surface area contributed by atoms with Gasteiger partial charge in [-0.3, -0.25) is 14.5 Å². The van der Waals surface area contributed by atoms with Crippen LogP contribution in [0.1, 0.15) is 23.2 Å². The molecule has 1 heterocycles. The summed E-state index contributed by atoms with van der Waals surface area (Å²) < 4.78 is 0. The van der Waals surface area contributed by atoms with Gasteiger partial charge in [-0.1, -0.05) is 0 Å². The molecule has 0 spiro atoms. The summed E-state index contributed by atoms with van der Waals surface area (Å²) in [6.45, 7) is 0.510. The Morgan fingerprint density at radius 3 is 2.47 bits per heavy atom. The summed E-state index contributed by atoms with van der Waals surface area (Å²) in [6.07, 6.45) is 1.19. The van der Waals surface area contributed by atoms with E-state index in [4.69, 9.17) is 5.11 Å². The fraction of sp³-hybridized carbons (Fsp3) is 0.308. The highest BCUT2D eigenvalue weighted by atomic mass is 32.2. The summed E-state index contributed by atoms with van der Waals surface area (Å²) in [6, 6.07) is 6.31. The van der Waals surface area contributed by atoms with Gasteiger partial charge in [0.05, 0.1) is 11.3 Å². The number of likely N-dealkylation sites (tertiary alicyclic amines) is 1. The highest BCUT2D eigenvalue weighted by Gasteiger charge is 2.25. The largest absolute Gasteiger partial charge is 0.478 e. The lowest BCUT2D eigenvalue weighted by Crippen LogP contribution is -2.33. The number of carboxylic acid groups (broad SMARTS) is 1. The molecule has 6 heteroatoms. The lowest BCUT2D eigenvalue weighted by molar-refractivity contribution is -0.140. The van der Waals surface area contributed by atoms with Crippen molar-refractivity contribution in [2.24, 2.45) is 0 Å². The highest BCUT2D eigenvalue weighted by Crippen LogP contribution is 2.20. The van der Waals surface area contributed by atoms with E-state index in [9.17, 15) is 14.4 Å². The zero-order chi connectivity index (χ0) is 13.8. The molecule has 100 valence electrons. The second-order valence-electron chi connectivity index (χ2n) is 4.16. The van der Waals surface area contributed by atoms with Crippen molar-refractivity contribution in [2.75, 3.05) is 12.3 Å². The lowest BCUT2D eigenvalue weighted by Gasteiger charge is -2.12. The van der Waals surface area contributed by atoms with Crippen LogP contribution < -0.4 is 0 Å². The maximum absolute atomic E-state index is 11.8. The van der Waals surface area contributed by atoms with Gasteiger partial charge in [-0.25, -0.2) is 4.79 Å². The van der Waals surface area contributed by atoms with Crippen LogP contribution in [0.15, 0.2) is 29.2 Å². The first kappa shape index (κ1) is 13.6. The molecule has 2 rings (SSSR count). The van der Waals surface area contributed by atoms with Crippen LogP contribution in [0.3, 0.4) is 0 Å². The van der Waals surface area contributed by atoms with Crippen LogP contribution in [0.5, 0.6) is 0 Å². The Hall–Kier alpha value is -1.82. The van der Waals surface area contributed by atoms with E-state index < -0.39 is 5.97 Å². The van der Waals surface area contributed by atoms with Crippen molar-refractivity contribution in [2.45, 2.75) is 17.7 Å². The minimum atomic E-state index is -0.977. The van der Waals surface area contributed by atoms with E-state index in [2.05, 4.69) is 0 Å². The topological polar surface area (TPSA) is 74.7 Å². The third-order valence-corrected chi connectivity index (χ3v) is 3.83. The SMILES string of the molecule is O=C(O)c1ccc(SCC(=O)N2CCCC2=O)cc1. The van der Waals surface area contributed by atoms with Crippen LogP contribution in [0, 0.1) is 0 Å². The van der Waals surface area contributed by atoms with E-state index >= 15 is 0 Å². The van der Waals surface area contributed by atoms with E-state index in [0.717, 1.165) is 11.3 Å². The van der Waals surface area contributed by atoms with Crippen molar-refractivity contribution < 1.29 is 19.5 Å². The molecular weight excluding hydrogens is 266 g/mol. The van der Waals surface area contributed by atoms with Crippen molar-refractivity contribution in [3.63, 3.8) is 0 Å². The Balaban J connectivity index is 1.89. The van der Waals surface area contributed by atoms with Gasteiger partial charge in [0.2, 0.25) is 11.8 Å². The smallest absolute Gasteiger partial charge is 0.335 e. The van der Waals surface area contributed by atoms with Gasteiger partial charge in [0.1, 0.15) is 0 Å². The van der Waals surface area contributed by atoms with Gasteiger partial charge in [0.25, 0.3) is 0 Å². The van der Waals surface area contributed by atoms with Crippen LogP contribution in [-0.2, 0) is 9.59 Å². The minimum Gasteiger partial charge on any atom is -0.478 e. The molecule has 0 radical (unpaired) electrons. The average molecular weight is 279 g/mol. The highest BCUT2D eigenvalue weighted by molar-refractivity contribution is 8.00. The summed E-state index contributed by atoms with van der Waals surface area (Å²) in [5.41, 5.74) is 0.213. The number of aromatic carboxylic acids is 1. The summed E-state index contributed by atoms with van der Waals surface area (Å²) in [7, 11) is 0. The number of hydrogen-bond donors (Lipinski definition) is 1. The molecule has 2 amide bonds. The number of carbonyl (C=O) groups is 3. The standard InChI is InChI=1S/C13H13NO4S/c15-11-2-1-7-14(11)12(16)8-19-10-5-3-9(4-6-10)13(17)18/h3-6H,1-2,7-8H2,(H,17,18). The number of rotatable bonds is 4. The van der Waals surface area contributed by atoms with Crippen molar-refractivity contribution >= 4 is 29.5 Å². The summed E-state index contributed by atoms with van der Waals surface area (Å²) in [5.74, 6) is -1.07. The Kier molecular flexibility index (Phi) is 4.21. The maximum Gasteiger partial charge on any atom is 0.335 e. The van der Waals surface area contributed by atoms with E-state index in [1.54, 1.807) is 12.1 Å². The second-order valence-corrected chi connectivity index (χ2v) is 5.21. The number of thioether (sulfide) groups is 1. The second kappa shape index (κ2) is 5.88.